The summed E-state index contributed by atoms with van der Waals surface area (Å²) in [5.41, 5.74) is 1.32. The second kappa shape index (κ2) is 7.22. The number of piperidine rings is 1. The van der Waals surface area contributed by atoms with Crippen LogP contribution in [0.5, 0.6) is 0 Å². The Morgan fingerprint density at radius 1 is 1.18 bits per heavy atom. The average Bonchev–Trinajstić information content (AvgIpc) is 3.26. The number of quaternary nitrogens is 1. The highest BCUT2D eigenvalue weighted by atomic mass is 16.5. The topological polar surface area (TPSA) is 77.9 Å². The molecular formula is C21H26N3O4+. The number of rotatable bonds is 3. The van der Waals surface area contributed by atoms with Crippen molar-refractivity contribution in [3.05, 3.63) is 52.3 Å². The summed E-state index contributed by atoms with van der Waals surface area (Å²) in [6.07, 6.45) is 4.88. The van der Waals surface area contributed by atoms with Gasteiger partial charge < -0.3 is 23.9 Å². The normalized spacial score (nSPS) is 27.2. The van der Waals surface area contributed by atoms with Gasteiger partial charge in [-0.15, -0.1) is 0 Å². The largest absolute Gasteiger partial charge is 0.459 e. The third-order valence-corrected chi connectivity index (χ3v) is 6.54. The third-order valence-electron chi connectivity index (χ3n) is 6.54. The molecule has 3 aliphatic heterocycles. The van der Waals surface area contributed by atoms with E-state index in [1.165, 1.54) is 6.26 Å². The van der Waals surface area contributed by atoms with Gasteiger partial charge in [-0.3, -0.25) is 9.59 Å². The first kappa shape index (κ1) is 17.7. The molecule has 1 unspecified atom stereocenters. The highest BCUT2D eigenvalue weighted by Gasteiger charge is 2.40. The molecule has 0 aromatic carbocycles. The fourth-order valence-corrected chi connectivity index (χ4v) is 5.23. The summed E-state index contributed by atoms with van der Waals surface area (Å²) in [6.45, 7) is 4.69. The van der Waals surface area contributed by atoms with Crippen LogP contribution in [0.15, 0.2) is 39.7 Å². The van der Waals surface area contributed by atoms with Crippen molar-refractivity contribution in [2.45, 2.75) is 37.8 Å². The van der Waals surface area contributed by atoms with Crippen LogP contribution in [-0.2, 0) is 11.3 Å². The summed E-state index contributed by atoms with van der Waals surface area (Å²) >= 11 is 0. The zero-order valence-corrected chi connectivity index (χ0v) is 15.9. The maximum atomic E-state index is 13.0. The van der Waals surface area contributed by atoms with E-state index >= 15 is 0 Å². The number of aromatic nitrogens is 1. The van der Waals surface area contributed by atoms with Gasteiger partial charge in [0.1, 0.15) is 5.69 Å². The number of likely N-dealkylation sites (tertiary alicyclic amines) is 1. The molecule has 2 bridgehead atoms. The summed E-state index contributed by atoms with van der Waals surface area (Å²) < 4.78 is 12.5. The monoisotopic (exact) mass is 384 g/mol. The van der Waals surface area contributed by atoms with Crippen molar-refractivity contribution in [1.29, 1.82) is 0 Å². The van der Waals surface area contributed by atoms with E-state index in [1.54, 1.807) is 23.1 Å². The lowest BCUT2D eigenvalue weighted by Crippen LogP contribution is -3.18. The Hall–Kier alpha value is -2.38. The van der Waals surface area contributed by atoms with Gasteiger partial charge in [0.25, 0.3) is 11.5 Å². The first-order valence-electron chi connectivity index (χ1n) is 10.2. The molecule has 2 aromatic heterocycles. The van der Waals surface area contributed by atoms with Gasteiger partial charge in [-0.2, -0.15) is 0 Å². The van der Waals surface area contributed by atoms with Gasteiger partial charge in [0.05, 0.1) is 38.6 Å². The highest BCUT2D eigenvalue weighted by Crippen LogP contribution is 2.31. The lowest BCUT2D eigenvalue weighted by Gasteiger charge is -2.44. The maximum absolute atomic E-state index is 13.0. The molecular weight excluding hydrogens is 358 g/mol. The zero-order valence-electron chi connectivity index (χ0n) is 15.9. The fourth-order valence-electron chi connectivity index (χ4n) is 5.23. The summed E-state index contributed by atoms with van der Waals surface area (Å²) in [5, 5.41) is 2.70. The van der Waals surface area contributed by atoms with Gasteiger partial charge in [0, 0.05) is 36.9 Å². The number of furan rings is 1. The van der Waals surface area contributed by atoms with Crippen LogP contribution in [0.1, 0.15) is 41.4 Å². The number of anilines is 1. The van der Waals surface area contributed by atoms with Crippen molar-refractivity contribution in [3.63, 3.8) is 0 Å². The van der Waals surface area contributed by atoms with Crippen LogP contribution in [0.4, 0.5) is 5.69 Å². The number of ether oxygens (including phenoxy) is 1. The van der Waals surface area contributed by atoms with Crippen LogP contribution in [0, 0.1) is 5.92 Å². The van der Waals surface area contributed by atoms with E-state index in [9.17, 15) is 9.59 Å². The predicted molar refractivity (Wildman–Crippen MR) is 103 cm³/mol. The molecule has 5 rings (SSSR count). The van der Waals surface area contributed by atoms with Gasteiger partial charge in [0.2, 0.25) is 0 Å². The molecule has 0 aliphatic carbocycles. The summed E-state index contributed by atoms with van der Waals surface area (Å²) in [4.78, 5) is 26.9. The Kier molecular flexibility index (Phi) is 4.56. The minimum absolute atomic E-state index is 0.110. The number of hydrogen-bond donors (Lipinski definition) is 2. The molecule has 7 nitrogen and oxygen atoms in total. The first-order valence-corrected chi connectivity index (χ1v) is 10.2. The minimum atomic E-state index is -0.395. The van der Waals surface area contributed by atoms with Gasteiger partial charge in [-0.25, -0.2) is 0 Å². The highest BCUT2D eigenvalue weighted by molar-refractivity contribution is 6.02. The lowest BCUT2D eigenvalue weighted by atomic mass is 9.82. The van der Waals surface area contributed by atoms with Crippen molar-refractivity contribution in [3.8, 4) is 0 Å². The SMILES string of the molecule is O=C(Nc1ccc2n(c1=O)C[C@H]1C[C@@H]2C[NH+](C2CCOCC2)C1)c1ccco1. The molecule has 0 saturated carbocycles. The number of pyridine rings is 1. The van der Waals surface area contributed by atoms with Crippen LogP contribution in [0.2, 0.25) is 0 Å². The van der Waals surface area contributed by atoms with Crippen LogP contribution < -0.4 is 15.8 Å². The van der Waals surface area contributed by atoms with Crippen molar-refractivity contribution >= 4 is 11.6 Å². The van der Waals surface area contributed by atoms with Crippen molar-refractivity contribution < 1.29 is 18.8 Å². The molecule has 1 amide bonds. The van der Waals surface area contributed by atoms with E-state index < -0.39 is 5.91 Å². The Morgan fingerprint density at radius 3 is 2.82 bits per heavy atom. The number of carbonyl (C=O) groups excluding carboxylic acids is 1. The van der Waals surface area contributed by atoms with E-state index in [1.807, 2.05) is 10.6 Å². The number of nitrogens with one attached hydrogen (secondary N) is 2. The quantitative estimate of drug-likeness (QED) is 0.823. The van der Waals surface area contributed by atoms with Gasteiger partial charge >= 0.3 is 0 Å². The van der Waals surface area contributed by atoms with Crippen LogP contribution >= 0.6 is 0 Å². The number of carbonyl (C=O) groups is 1. The van der Waals surface area contributed by atoms with Gasteiger partial charge in [-0.1, -0.05) is 0 Å². The minimum Gasteiger partial charge on any atom is -0.459 e. The van der Waals surface area contributed by atoms with Crippen molar-refractivity contribution in [2.24, 2.45) is 5.92 Å². The van der Waals surface area contributed by atoms with E-state index in [-0.39, 0.29) is 11.3 Å². The molecule has 148 valence electrons. The summed E-state index contributed by atoms with van der Waals surface area (Å²) in [5.74, 6) is 0.731. The molecule has 2 saturated heterocycles. The number of fused-ring (bicyclic) bond motifs is 4. The van der Waals surface area contributed by atoms with Gasteiger partial charge in [-0.05, 0) is 30.7 Å². The summed E-state index contributed by atoms with van der Waals surface area (Å²) in [7, 11) is 0. The molecule has 2 N–H and O–H groups in total. The van der Waals surface area contributed by atoms with Crippen molar-refractivity contribution in [2.75, 3.05) is 31.6 Å². The lowest BCUT2D eigenvalue weighted by molar-refractivity contribution is -0.937. The smallest absolute Gasteiger partial charge is 0.291 e. The molecule has 3 aliphatic rings. The Bertz CT molecular complexity index is 914. The second-order valence-corrected chi connectivity index (χ2v) is 8.27. The van der Waals surface area contributed by atoms with E-state index in [0.29, 0.717) is 23.6 Å². The summed E-state index contributed by atoms with van der Waals surface area (Å²) in [6, 6.07) is 7.70. The molecule has 3 atom stereocenters. The van der Waals surface area contributed by atoms with Gasteiger partial charge in [0.15, 0.2) is 5.76 Å². The number of amides is 1. The molecule has 5 heterocycles. The second-order valence-electron chi connectivity index (χ2n) is 8.27. The predicted octanol–water partition coefficient (Wildman–Crippen LogP) is 0.875. The number of hydrogen-bond acceptors (Lipinski definition) is 4. The standard InChI is InChI=1S/C21H25N3O4/c25-20(19-2-1-7-28-19)22-17-3-4-18-15-10-14(12-24(18)21(17)26)11-23(13-15)16-5-8-27-9-6-16/h1-4,7,14-16H,5-6,8-13H2,(H,22,25)/p+1/t14-,15+/m0/s1. The molecule has 7 heteroatoms. The Balaban J connectivity index is 1.38. The first-order chi connectivity index (χ1) is 13.7. The van der Waals surface area contributed by atoms with E-state index in [2.05, 4.69) is 5.32 Å². The van der Waals surface area contributed by atoms with Crippen molar-refractivity contribution in [1.82, 2.24) is 4.57 Å². The molecule has 28 heavy (non-hydrogen) atoms. The van der Waals surface area contributed by atoms with Crippen LogP contribution in [-0.4, -0.2) is 42.8 Å². The third kappa shape index (κ3) is 3.18. The number of nitrogens with zero attached hydrogens (tertiary/aromatic N) is 1. The molecule has 0 radical (unpaired) electrons. The van der Waals surface area contributed by atoms with Crippen LogP contribution in [0.25, 0.3) is 0 Å². The Morgan fingerprint density at radius 2 is 2.04 bits per heavy atom. The molecule has 0 spiro atoms. The van der Waals surface area contributed by atoms with Crippen LogP contribution in [0.3, 0.4) is 0 Å². The molecule has 2 fully saturated rings. The zero-order chi connectivity index (χ0) is 19.1. The van der Waals surface area contributed by atoms with E-state index in [4.69, 9.17) is 9.15 Å². The molecule has 2 aromatic rings. The Labute approximate surface area is 163 Å². The fraction of sp³-hybridized carbons (Fsp3) is 0.524. The maximum Gasteiger partial charge on any atom is 0.291 e. The van der Waals surface area contributed by atoms with E-state index in [0.717, 1.165) is 57.8 Å². The average molecular weight is 384 g/mol.